The number of hydrogen-bond donors (Lipinski definition) is 1. The fraction of sp³-hybridized carbons (Fsp3) is 0.381. The molecule has 1 heterocycles. The molecular weight excluding hydrogens is 310 g/mol. The lowest BCUT2D eigenvalue weighted by Crippen LogP contribution is -2.52. The van der Waals surface area contributed by atoms with Crippen molar-refractivity contribution in [1.29, 1.82) is 0 Å². The van der Waals surface area contributed by atoms with E-state index in [1.807, 2.05) is 17.0 Å². The second-order valence-corrected chi connectivity index (χ2v) is 6.80. The largest absolute Gasteiger partial charge is 0.368 e. The van der Waals surface area contributed by atoms with E-state index >= 15 is 0 Å². The summed E-state index contributed by atoms with van der Waals surface area (Å²) in [6.07, 6.45) is 0. The number of nitrogens with one attached hydrogen (secondary N) is 1. The second-order valence-electron chi connectivity index (χ2n) is 6.80. The molecule has 1 N–H and O–H groups in total. The summed E-state index contributed by atoms with van der Waals surface area (Å²) >= 11 is 0. The van der Waals surface area contributed by atoms with E-state index in [1.165, 1.54) is 27.9 Å². The van der Waals surface area contributed by atoms with Crippen LogP contribution in [0, 0.1) is 20.8 Å². The fourth-order valence-corrected chi connectivity index (χ4v) is 3.53. The zero-order chi connectivity index (χ0) is 17.8. The lowest BCUT2D eigenvalue weighted by atomic mass is 10.1. The van der Waals surface area contributed by atoms with Gasteiger partial charge in [0.25, 0.3) is 0 Å². The first-order valence-corrected chi connectivity index (χ1v) is 8.94. The van der Waals surface area contributed by atoms with E-state index < -0.39 is 0 Å². The molecule has 2 aromatic carbocycles. The number of urea groups is 1. The Morgan fingerprint density at radius 2 is 1.48 bits per heavy atom. The molecule has 0 saturated carbocycles. The maximum absolute atomic E-state index is 12.5. The van der Waals surface area contributed by atoms with Gasteiger partial charge in [0.15, 0.2) is 0 Å². The molecule has 0 bridgehead atoms. The van der Waals surface area contributed by atoms with E-state index in [2.05, 4.69) is 61.3 Å². The average molecular weight is 337 g/mol. The van der Waals surface area contributed by atoms with Gasteiger partial charge in [-0.3, -0.25) is 0 Å². The van der Waals surface area contributed by atoms with E-state index in [0.717, 1.165) is 26.2 Å². The molecule has 2 amide bonds. The highest BCUT2D eigenvalue weighted by atomic mass is 16.2. The number of amides is 2. The minimum Gasteiger partial charge on any atom is -0.368 e. The third kappa shape index (κ3) is 3.95. The molecule has 1 saturated heterocycles. The van der Waals surface area contributed by atoms with Gasteiger partial charge in [-0.25, -0.2) is 4.79 Å². The molecule has 25 heavy (non-hydrogen) atoms. The van der Waals surface area contributed by atoms with Crippen LogP contribution in [-0.2, 0) is 6.54 Å². The van der Waals surface area contributed by atoms with Crippen LogP contribution in [0.4, 0.5) is 10.5 Å². The molecular formula is C21H27N3O. The van der Waals surface area contributed by atoms with Gasteiger partial charge < -0.3 is 15.1 Å². The molecule has 0 atom stereocenters. The zero-order valence-electron chi connectivity index (χ0n) is 15.4. The van der Waals surface area contributed by atoms with Crippen LogP contribution in [0.5, 0.6) is 0 Å². The number of rotatable bonds is 3. The first-order valence-electron chi connectivity index (χ1n) is 8.94. The summed E-state index contributed by atoms with van der Waals surface area (Å²) in [6, 6.07) is 14.6. The van der Waals surface area contributed by atoms with Crippen LogP contribution in [0.25, 0.3) is 0 Å². The Bertz CT molecular complexity index is 728. The van der Waals surface area contributed by atoms with Crippen molar-refractivity contribution in [2.24, 2.45) is 0 Å². The molecule has 4 heteroatoms. The Kier molecular flexibility index (Phi) is 5.27. The van der Waals surface area contributed by atoms with Crippen LogP contribution in [0.1, 0.15) is 22.3 Å². The molecule has 3 rings (SSSR count). The van der Waals surface area contributed by atoms with Crippen molar-refractivity contribution in [1.82, 2.24) is 10.2 Å². The smallest absolute Gasteiger partial charge is 0.317 e. The predicted octanol–water partition coefficient (Wildman–Crippen LogP) is 3.64. The average Bonchev–Trinajstić information content (AvgIpc) is 2.61. The first-order chi connectivity index (χ1) is 12.1. The van der Waals surface area contributed by atoms with Gasteiger partial charge >= 0.3 is 6.03 Å². The van der Waals surface area contributed by atoms with Gasteiger partial charge in [0.1, 0.15) is 0 Å². The maximum Gasteiger partial charge on any atom is 0.317 e. The molecule has 0 aliphatic carbocycles. The Hall–Kier alpha value is -2.49. The van der Waals surface area contributed by atoms with Crippen LogP contribution in [-0.4, -0.2) is 37.1 Å². The molecule has 4 nitrogen and oxygen atoms in total. The Morgan fingerprint density at radius 3 is 2.12 bits per heavy atom. The Labute approximate surface area is 150 Å². The SMILES string of the molecule is Cc1ccccc1CNC(=O)N1CCN(c2c(C)cccc2C)CC1. The molecule has 0 spiro atoms. The first kappa shape index (κ1) is 17.3. The fourth-order valence-electron chi connectivity index (χ4n) is 3.53. The van der Waals surface area contributed by atoms with Crippen molar-refractivity contribution in [2.45, 2.75) is 27.3 Å². The van der Waals surface area contributed by atoms with E-state index in [-0.39, 0.29) is 6.03 Å². The highest BCUT2D eigenvalue weighted by molar-refractivity contribution is 5.74. The predicted molar refractivity (Wildman–Crippen MR) is 103 cm³/mol. The normalized spacial score (nSPS) is 14.5. The number of anilines is 1. The molecule has 0 unspecified atom stereocenters. The number of hydrogen-bond acceptors (Lipinski definition) is 2. The third-order valence-corrected chi connectivity index (χ3v) is 5.01. The van der Waals surface area contributed by atoms with Crippen molar-refractivity contribution in [2.75, 3.05) is 31.1 Å². The zero-order valence-corrected chi connectivity index (χ0v) is 15.4. The standard InChI is InChI=1S/C21H27N3O/c1-16-7-4-5-10-19(16)15-22-21(25)24-13-11-23(12-14-24)20-17(2)8-6-9-18(20)3/h4-10H,11-15H2,1-3H3,(H,22,25). The topological polar surface area (TPSA) is 35.6 Å². The minimum absolute atomic E-state index is 0.0319. The van der Waals surface area contributed by atoms with E-state index in [9.17, 15) is 4.79 Å². The highest BCUT2D eigenvalue weighted by Gasteiger charge is 2.22. The van der Waals surface area contributed by atoms with Gasteiger partial charge in [-0.15, -0.1) is 0 Å². The number of piperazine rings is 1. The molecule has 0 radical (unpaired) electrons. The van der Waals surface area contributed by atoms with Gasteiger partial charge in [-0.2, -0.15) is 0 Å². The highest BCUT2D eigenvalue weighted by Crippen LogP contribution is 2.25. The van der Waals surface area contributed by atoms with Crippen molar-refractivity contribution in [3.63, 3.8) is 0 Å². The van der Waals surface area contributed by atoms with Gasteiger partial charge in [-0.1, -0.05) is 42.5 Å². The summed E-state index contributed by atoms with van der Waals surface area (Å²) in [5.74, 6) is 0. The number of carbonyl (C=O) groups excluding carboxylic acids is 1. The quantitative estimate of drug-likeness (QED) is 0.928. The van der Waals surface area contributed by atoms with Gasteiger partial charge in [-0.05, 0) is 43.0 Å². The molecule has 1 aliphatic heterocycles. The Balaban J connectivity index is 1.55. The van der Waals surface area contributed by atoms with Crippen LogP contribution in [0.15, 0.2) is 42.5 Å². The molecule has 0 aromatic heterocycles. The lowest BCUT2D eigenvalue weighted by Gasteiger charge is -2.37. The number of carbonyl (C=O) groups is 1. The van der Waals surface area contributed by atoms with Crippen molar-refractivity contribution < 1.29 is 4.79 Å². The van der Waals surface area contributed by atoms with Gasteiger partial charge in [0.2, 0.25) is 0 Å². The third-order valence-electron chi connectivity index (χ3n) is 5.01. The summed E-state index contributed by atoms with van der Waals surface area (Å²) in [7, 11) is 0. The van der Waals surface area contributed by atoms with E-state index in [4.69, 9.17) is 0 Å². The molecule has 1 fully saturated rings. The Morgan fingerprint density at radius 1 is 0.880 bits per heavy atom. The van der Waals surface area contributed by atoms with Crippen LogP contribution < -0.4 is 10.2 Å². The number of aryl methyl sites for hydroxylation is 3. The minimum atomic E-state index is 0.0319. The van der Waals surface area contributed by atoms with Crippen molar-refractivity contribution in [3.8, 4) is 0 Å². The van der Waals surface area contributed by atoms with Crippen LogP contribution >= 0.6 is 0 Å². The van der Waals surface area contributed by atoms with E-state index in [0.29, 0.717) is 6.54 Å². The summed E-state index contributed by atoms with van der Waals surface area (Å²) in [5, 5.41) is 3.06. The van der Waals surface area contributed by atoms with Gasteiger partial charge in [0.05, 0.1) is 0 Å². The molecule has 132 valence electrons. The summed E-state index contributed by atoms with van der Waals surface area (Å²) < 4.78 is 0. The number of para-hydroxylation sites is 1. The van der Waals surface area contributed by atoms with Crippen LogP contribution in [0.3, 0.4) is 0 Å². The van der Waals surface area contributed by atoms with E-state index in [1.54, 1.807) is 0 Å². The number of nitrogens with zero attached hydrogens (tertiary/aromatic N) is 2. The molecule has 2 aromatic rings. The van der Waals surface area contributed by atoms with Crippen molar-refractivity contribution in [3.05, 3.63) is 64.7 Å². The maximum atomic E-state index is 12.5. The summed E-state index contributed by atoms with van der Waals surface area (Å²) in [4.78, 5) is 16.8. The summed E-state index contributed by atoms with van der Waals surface area (Å²) in [6.45, 7) is 10.2. The number of benzene rings is 2. The lowest BCUT2D eigenvalue weighted by molar-refractivity contribution is 0.194. The molecule has 1 aliphatic rings. The summed E-state index contributed by atoms with van der Waals surface area (Å²) in [5.41, 5.74) is 6.31. The van der Waals surface area contributed by atoms with Crippen molar-refractivity contribution >= 4 is 11.7 Å². The monoisotopic (exact) mass is 337 g/mol. The second kappa shape index (κ2) is 7.60. The van der Waals surface area contributed by atoms with Gasteiger partial charge in [0, 0.05) is 38.4 Å². The van der Waals surface area contributed by atoms with Crippen LogP contribution in [0.2, 0.25) is 0 Å².